The number of nitrogens with zero attached hydrogens (tertiary/aromatic N) is 3. The minimum atomic E-state index is -0.565. The fourth-order valence-electron chi connectivity index (χ4n) is 2.06. The van der Waals surface area contributed by atoms with Crippen molar-refractivity contribution in [3.8, 4) is 11.3 Å². The van der Waals surface area contributed by atoms with Gasteiger partial charge in [-0.2, -0.15) is 5.10 Å². The molecule has 0 unspecified atom stereocenters. The molecule has 4 aromatic rings. The van der Waals surface area contributed by atoms with Crippen LogP contribution in [0.1, 0.15) is 0 Å². The van der Waals surface area contributed by atoms with E-state index >= 15 is 0 Å². The van der Waals surface area contributed by atoms with Gasteiger partial charge >= 0.3 is 5.76 Å². The lowest BCUT2D eigenvalue weighted by Crippen LogP contribution is -1.93. The third kappa shape index (κ3) is 1.53. The van der Waals surface area contributed by atoms with Crippen LogP contribution >= 0.6 is 11.6 Å². The molecule has 0 radical (unpaired) electrons. The highest BCUT2D eigenvalue weighted by Gasteiger charge is 2.14. The zero-order valence-corrected chi connectivity index (χ0v) is 10.6. The number of hydrogen-bond acceptors (Lipinski definition) is 5. The SMILES string of the molecule is O=c1[nH]c2c(Cl)ccc(-c3cnc4cn[nH]c4n3)c2o1. The molecule has 3 heterocycles. The summed E-state index contributed by atoms with van der Waals surface area (Å²) >= 11 is 6.03. The van der Waals surface area contributed by atoms with Gasteiger partial charge in [-0.25, -0.2) is 14.8 Å². The van der Waals surface area contributed by atoms with Crippen molar-refractivity contribution in [2.75, 3.05) is 0 Å². The molecule has 0 fully saturated rings. The molecule has 0 aliphatic heterocycles. The van der Waals surface area contributed by atoms with Gasteiger partial charge < -0.3 is 4.42 Å². The van der Waals surface area contributed by atoms with Gasteiger partial charge in [-0.3, -0.25) is 10.1 Å². The smallest absolute Gasteiger partial charge is 0.407 e. The van der Waals surface area contributed by atoms with Crippen LogP contribution in [0.25, 0.3) is 33.5 Å². The lowest BCUT2D eigenvalue weighted by atomic mass is 10.1. The van der Waals surface area contributed by atoms with Crippen molar-refractivity contribution in [3.63, 3.8) is 0 Å². The Kier molecular flexibility index (Phi) is 2.19. The molecule has 2 N–H and O–H groups in total. The monoisotopic (exact) mass is 287 g/mol. The number of fused-ring (bicyclic) bond motifs is 2. The van der Waals surface area contributed by atoms with Gasteiger partial charge in [0.25, 0.3) is 0 Å². The van der Waals surface area contributed by atoms with Gasteiger partial charge in [-0.05, 0) is 12.1 Å². The Balaban J connectivity index is 2.06. The number of halogens is 1. The van der Waals surface area contributed by atoms with Crippen molar-refractivity contribution in [2.45, 2.75) is 0 Å². The van der Waals surface area contributed by atoms with Gasteiger partial charge in [0.2, 0.25) is 0 Å². The molecule has 0 saturated heterocycles. The van der Waals surface area contributed by atoms with Crippen LogP contribution in [0.4, 0.5) is 0 Å². The maximum Gasteiger partial charge on any atom is 0.417 e. The predicted octanol–water partition coefficient (Wildman–Crippen LogP) is 2.11. The van der Waals surface area contributed by atoms with Crippen molar-refractivity contribution in [1.29, 1.82) is 0 Å². The van der Waals surface area contributed by atoms with Gasteiger partial charge in [0.1, 0.15) is 11.0 Å². The highest BCUT2D eigenvalue weighted by molar-refractivity contribution is 6.35. The molecular weight excluding hydrogens is 282 g/mol. The summed E-state index contributed by atoms with van der Waals surface area (Å²) in [6.45, 7) is 0. The van der Waals surface area contributed by atoms with Gasteiger partial charge in [-0.1, -0.05) is 11.6 Å². The van der Waals surface area contributed by atoms with Crippen LogP contribution in [0.15, 0.2) is 33.7 Å². The Morgan fingerprint density at radius 2 is 2.15 bits per heavy atom. The maximum atomic E-state index is 11.4. The summed E-state index contributed by atoms with van der Waals surface area (Å²) in [5.74, 6) is -0.565. The van der Waals surface area contributed by atoms with Crippen LogP contribution in [0.3, 0.4) is 0 Å². The van der Waals surface area contributed by atoms with Crippen molar-refractivity contribution < 1.29 is 4.42 Å². The van der Waals surface area contributed by atoms with E-state index in [0.717, 1.165) is 0 Å². The van der Waals surface area contributed by atoms with Crippen LogP contribution in [0.5, 0.6) is 0 Å². The molecule has 0 bridgehead atoms. The third-order valence-electron chi connectivity index (χ3n) is 2.96. The van der Waals surface area contributed by atoms with Gasteiger partial charge in [0, 0.05) is 5.56 Å². The lowest BCUT2D eigenvalue weighted by Gasteiger charge is -2.01. The third-order valence-corrected chi connectivity index (χ3v) is 3.28. The summed E-state index contributed by atoms with van der Waals surface area (Å²) in [5, 5.41) is 7.02. The molecular formula is C12H6ClN5O2. The summed E-state index contributed by atoms with van der Waals surface area (Å²) in [7, 11) is 0. The molecule has 0 amide bonds. The van der Waals surface area contributed by atoms with Crippen molar-refractivity contribution in [2.24, 2.45) is 0 Å². The van der Waals surface area contributed by atoms with E-state index in [0.29, 0.717) is 38.5 Å². The summed E-state index contributed by atoms with van der Waals surface area (Å²) in [6, 6.07) is 3.40. The van der Waals surface area contributed by atoms with Crippen LogP contribution in [-0.2, 0) is 0 Å². The minimum absolute atomic E-state index is 0.357. The summed E-state index contributed by atoms with van der Waals surface area (Å²) in [6.07, 6.45) is 3.17. The standard InChI is InChI=1S/C12H6ClN5O2/c13-6-2-1-5(10-9(6)17-12(19)20-10)7-3-14-8-4-15-18-11(8)16-7/h1-4H,(H,17,19)(H,15,16,18). The summed E-state index contributed by atoms with van der Waals surface area (Å²) in [5.41, 5.74) is 3.22. The normalized spacial score (nSPS) is 11.4. The number of rotatable bonds is 1. The molecule has 4 rings (SSSR count). The first-order valence-corrected chi connectivity index (χ1v) is 6.08. The van der Waals surface area contributed by atoms with Crippen LogP contribution in [0.2, 0.25) is 5.02 Å². The number of benzene rings is 1. The number of hydrogen-bond donors (Lipinski definition) is 2. The zero-order chi connectivity index (χ0) is 13.7. The molecule has 98 valence electrons. The van der Waals surface area contributed by atoms with Crippen LogP contribution in [-0.4, -0.2) is 25.1 Å². The van der Waals surface area contributed by atoms with Gasteiger partial charge in [0.05, 0.1) is 23.1 Å². The molecule has 8 heteroatoms. The van der Waals surface area contributed by atoms with Crippen LogP contribution in [0, 0.1) is 0 Å². The summed E-state index contributed by atoms with van der Waals surface area (Å²) < 4.78 is 5.14. The molecule has 7 nitrogen and oxygen atoms in total. The van der Waals surface area contributed by atoms with E-state index in [9.17, 15) is 4.79 Å². The highest BCUT2D eigenvalue weighted by Crippen LogP contribution is 2.30. The first-order valence-electron chi connectivity index (χ1n) is 5.70. The second-order valence-corrected chi connectivity index (χ2v) is 4.58. The average molecular weight is 288 g/mol. The highest BCUT2D eigenvalue weighted by atomic mass is 35.5. The van der Waals surface area contributed by atoms with E-state index in [-0.39, 0.29) is 0 Å². The van der Waals surface area contributed by atoms with Crippen molar-refractivity contribution in [1.82, 2.24) is 25.1 Å². The van der Waals surface area contributed by atoms with Crippen molar-refractivity contribution in [3.05, 3.63) is 40.1 Å². The summed E-state index contributed by atoms with van der Waals surface area (Å²) in [4.78, 5) is 22.5. The zero-order valence-electron chi connectivity index (χ0n) is 9.85. The number of nitrogens with one attached hydrogen (secondary N) is 2. The van der Waals surface area contributed by atoms with E-state index in [1.165, 1.54) is 0 Å². The molecule has 0 aliphatic rings. The largest absolute Gasteiger partial charge is 0.417 e. The first kappa shape index (κ1) is 11.2. The Labute approximate surface area is 115 Å². The number of H-pyrrole nitrogens is 2. The Morgan fingerprint density at radius 3 is 3.05 bits per heavy atom. The topological polar surface area (TPSA) is 100 Å². The van der Waals surface area contributed by atoms with E-state index in [1.54, 1.807) is 24.5 Å². The number of oxazole rings is 1. The van der Waals surface area contributed by atoms with Gasteiger partial charge in [-0.15, -0.1) is 0 Å². The number of aromatic amines is 2. The molecule has 0 spiro atoms. The molecule has 0 saturated carbocycles. The van der Waals surface area contributed by atoms with Crippen molar-refractivity contribution >= 4 is 33.9 Å². The van der Waals surface area contributed by atoms with E-state index in [1.807, 2.05) is 0 Å². The van der Waals surface area contributed by atoms with E-state index < -0.39 is 5.76 Å². The molecule has 0 aliphatic carbocycles. The number of aromatic nitrogens is 5. The minimum Gasteiger partial charge on any atom is -0.407 e. The fourth-order valence-corrected chi connectivity index (χ4v) is 2.26. The molecule has 3 aromatic heterocycles. The predicted molar refractivity (Wildman–Crippen MR) is 72.5 cm³/mol. The van der Waals surface area contributed by atoms with E-state index in [4.69, 9.17) is 16.0 Å². The maximum absolute atomic E-state index is 11.4. The average Bonchev–Trinajstić information content (AvgIpc) is 3.04. The molecule has 0 atom stereocenters. The second-order valence-electron chi connectivity index (χ2n) is 4.17. The Hall–Kier alpha value is -2.67. The first-order chi connectivity index (χ1) is 9.72. The second kappa shape index (κ2) is 3.91. The lowest BCUT2D eigenvalue weighted by molar-refractivity contribution is 0.556. The molecule has 1 aromatic carbocycles. The van der Waals surface area contributed by atoms with E-state index in [2.05, 4.69) is 25.1 Å². The van der Waals surface area contributed by atoms with Crippen LogP contribution < -0.4 is 5.76 Å². The van der Waals surface area contributed by atoms with Gasteiger partial charge in [0.15, 0.2) is 11.2 Å². The fraction of sp³-hybridized carbons (Fsp3) is 0. The quantitative estimate of drug-likeness (QED) is 0.558. The Morgan fingerprint density at radius 1 is 1.25 bits per heavy atom. The Bertz CT molecular complexity index is 1000. The molecule has 20 heavy (non-hydrogen) atoms.